The van der Waals surface area contributed by atoms with Crippen molar-refractivity contribution in [3.63, 3.8) is 0 Å². The smallest absolute Gasteiger partial charge is 0.306 e. The molecule has 0 saturated heterocycles. The molecule has 0 bridgehead atoms. The van der Waals surface area contributed by atoms with Crippen LogP contribution >= 0.6 is 0 Å². The molecule has 1 unspecified atom stereocenters. The number of carbonyl (C=O) groups excluding carboxylic acids is 3. The minimum absolute atomic E-state index is 0.0900. The fourth-order valence-corrected chi connectivity index (χ4v) is 7.66. The minimum atomic E-state index is -0.791. The molecule has 0 radical (unpaired) electrons. The van der Waals surface area contributed by atoms with Gasteiger partial charge in [0.05, 0.1) is 0 Å². The lowest BCUT2D eigenvalue weighted by atomic mass is 10.1. The largest absolute Gasteiger partial charge is 0.462 e. The lowest BCUT2D eigenvalue weighted by molar-refractivity contribution is -0.167. The number of carbonyl (C=O) groups is 3. The van der Waals surface area contributed by atoms with E-state index in [-0.39, 0.29) is 31.1 Å². The van der Waals surface area contributed by atoms with Gasteiger partial charge in [-0.05, 0) is 109 Å². The van der Waals surface area contributed by atoms with Crippen LogP contribution in [-0.2, 0) is 28.6 Å². The maximum atomic E-state index is 12.8. The van der Waals surface area contributed by atoms with Crippen LogP contribution in [0.1, 0.15) is 271 Å². The second kappa shape index (κ2) is 54.5. The van der Waals surface area contributed by atoms with Crippen LogP contribution in [0.15, 0.2) is 72.9 Å². The average molecular weight is 921 g/mol. The maximum absolute atomic E-state index is 12.8. The zero-order valence-corrected chi connectivity index (χ0v) is 43.4. The average Bonchev–Trinajstić information content (AvgIpc) is 3.31. The van der Waals surface area contributed by atoms with E-state index >= 15 is 0 Å². The van der Waals surface area contributed by atoms with E-state index in [0.29, 0.717) is 19.3 Å². The molecule has 0 aromatic heterocycles. The van der Waals surface area contributed by atoms with Gasteiger partial charge in [-0.15, -0.1) is 0 Å². The summed E-state index contributed by atoms with van der Waals surface area (Å²) in [6, 6.07) is 0. The van der Waals surface area contributed by atoms with Crippen molar-refractivity contribution in [2.45, 2.75) is 277 Å². The number of allylic oxidation sites excluding steroid dienone is 12. The van der Waals surface area contributed by atoms with Crippen LogP contribution in [0.2, 0.25) is 0 Å². The van der Waals surface area contributed by atoms with Gasteiger partial charge in [0, 0.05) is 19.3 Å². The van der Waals surface area contributed by atoms with E-state index < -0.39 is 6.10 Å². The normalized spacial score (nSPS) is 12.6. The predicted molar refractivity (Wildman–Crippen MR) is 284 cm³/mol. The molecule has 0 saturated carbocycles. The molecular formula is C60H104O6. The Balaban J connectivity index is 4.41. The van der Waals surface area contributed by atoms with Crippen LogP contribution in [-0.4, -0.2) is 37.2 Å². The fourth-order valence-electron chi connectivity index (χ4n) is 7.66. The van der Waals surface area contributed by atoms with Gasteiger partial charge in [-0.2, -0.15) is 0 Å². The summed E-state index contributed by atoms with van der Waals surface area (Å²) in [5, 5.41) is 0. The Hall–Kier alpha value is -3.15. The Kier molecular flexibility index (Phi) is 51.9. The summed E-state index contributed by atoms with van der Waals surface area (Å²) in [6.07, 6.45) is 68.8. The molecule has 0 aliphatic heterocycles. The second-order valence-corrected chi connectivity index (χ2v) is 18.5. The van der Waals surface area contributed by atoms with Gasteiger partial charge in [0.1, 0.15) is 13.2 Å². The summed E-state index contributed by atoms with van der Waals surface area (Å²) in [5.41, 5.74) is 0. The lowest BCUT2D eigenvalue weighted by Crippen LogP contribution is -2.30. The summed E-state index contributed by atoms with van der Waals surface area (Å²) < 4.78 is 16.8. The summed E-state index contributed by atoms with van der Waals surface area (Å²) in [7, 11) is 0. The van der Waals surface area contributed by atoms with E-state index in [1.165, 1.54) is 109 Å². The van der Waals surface area contributed by atoms with E-state index in [1.807, 2.05) is 0 Å². The Bertz CT molecular complexity index is 1240. The molecule has 0 rings (SSSR count). The molecule has 66 heavy (non-hydrogen) atoms. The first kappa shape index (κ1) is 62.8. The van der Waals surface area contributed by atoms with Crippen molar-refractivity contribution in [3.05, 3.63) is 72.9 Å². The van der Waals surface area contributed by atoms with E-state index in [2.05, 4.69) is 93.7 Å². The van der Waals surface area contributed by atoms with Gasteiger partial charge < -0.3 is 14.2 Å². The molecule has 0 aliphatic rings. The first-order valence-corrected chi connectivity index (χ1v) is 27.9. The van der Waals surface area contributed by atoms with Gasteiger partial charge >= 0.3 is 17.9 Å². The summed E-state index contributed by atoms with van der Waals surface area (Å²) in [4.78, 5) is 38.1. The summed E-state index contributed by atoms with van der Waals surface area (Å²) >= 11 is 0. The van der Waals surface area contributed by atoms with Crippen molar-refractivity contribution in [1.29, 1.82) is 0 Å². The van der Waals surface area contributed by atoms with Gasteiger partial charge in [-0.1, -0.05) is 216 Å². The Labute approximate surface area is 408 Å². The van der Waals surface area contributed by atoms with Gasteiger partial charge in [-0.3, -0.25) is 14.4 Å². The third kappa shape index (κ3) is 51.8. The molecule has 0 N–H and O–H groups in total. The van der Waals surface area contributed by atoms with E-state index in [1.54, 1.807) is 0 Å². The molecule has 0 aromatic rings. The SMILES string of the molecule is CCC/C=C\C/C=C\CCCCCCCC(=O)OCC(COC(=O)CCCCCCCC/C=C\C/C=C\C/C=C\CCCCC)OC(=O)CCCCCCC/C=C\CCCCCCCCC. The molecule has 0 aliphatic carbocycles. The van der Waals surface area contributed by atoms with E-state index in [9.17, 15) is 14.4 Å². The molecule has 0 amide bonds. The van der Waals surface area contributed by atoms with Crippen molar-refractivity contribution in [3.8, 4) is 0 Å². The number of esters is 3. The highest BCUT2D eigenvalue weighted by Crippen LogP contribution is 2.14. The molecular weight excluding hydrogens is 817 g/mol. The van der Waals surface area contributed by atoms with Crippen LogP contribution in [0.4, 0.5) is 0 Å². The highest BCUT2D eigenvalue weighted by Gasteiger charge is 2.19. The van der Waals surface area contributed by atoms with Crippen molar-refractivity contribution in [1.82, 2.24) is 0 Å². The number of hydrogen-bond acceptors (Lipinski definition) is 6. The van der Waals surface area contributed by atoms with Crippen molar-refractivity contribution in [2.75, 3.05) is 13.2 Å². The van der Waals surface area contributed by atoms with Crippen LogP contribution in [0, 0.1) is 0 Å². The Morgan fingerprint density at radius 2 is 0.576 bits per heavy atom. The van der Waals surface area contributed by atoms with Crippen LogP contribution in [0.5, 0.6) is 0 Å². The molecule has 6 heteroatoms. The number of ether oxygens (including phenoxy) is 3. The zero-order valence-electron chi connectivity index (χ0n) is 43.4. The molecule has 1 atom stereocenters. The van der Waals surface area contributed by atoms with Gasteiger partial charge in [0.25, 0.3) is 0 Å². The van der Waals surface area contributed by atoms with Crippen LogP contribution in [0.3, 0.4) is 0 Å². The predicted octanol–water partition coefficient (Wildman–Crippen LogP) is 18.6. The maximum Gasteiger partial charge on any atom is 0.306 e. The van der Waals surface area contributed by atoms with Crippen molar-refractivity contribution in [2.24, 2.45) is 0 Å². The summed E-state index contributed by atoms with van der Waals surface area (Å²) in [5.74, 6) is -0.919. The zero-order chi connectivity index (χ0) is 47.9. The van der Waals surface area contributed by atoms with E-state index in [0.717, 1.165) is 122 Å². The minimum Gasteiger partial charge on any atom is -0.462 e. The molecule has 0 heterocycles. The summed E-state index contributed by atoms with van der Waals surface area (Å²) in [6.45, 7) is 6.53. The molecule has 0 fully saturated rings. The standard InChI is InChI=1S/C60H104O6/c1-4-7-10-13-16-19-22-25-27-29-30-31-33-35-38-41-44-47-50-53-59(62)65-56-57(55-64-58(61)52-49-46-43-40-37-34-24-21-18-15-12-9-6-3)66-60(63)54-51-48-45-42-39-36-32-28-26-23-20-17-14-11-8-5-2/h12,15-16,19,21,24-25,27-28,30-32,57H,4-11,13-14,17-18,20,22-23,26,29,33-56H2,1-3H3/b15-12-,19-16-,24-21-,27-25-,31-30-,32-28-. The second-order valence-electron chi connectivity index (χ2n) is 18.5. The number of hydrogen-bond donors (Lipinski definition) is 0. The fraction of sp³-hybridized carbons (Fsp3) is 0.750. The highest BCUT2D eigenvalue weighted by atomic mass is 16.6. The van der Waals surface area contributed by atoms with Crippen molar-refractivity contribution < 1.29 is 28.6 Å². The van der Waals surface area contributed by atoms with Crippen LogP contribution in [0.25, 0.3) is 0 Å². The third-order valence-electron chi connectivity index (χ3n) is 11.9. The van der Waals surface area contributed by atoms with Gasteiger partial charge in [0.2, 0.25) is 0 Å². The first-order chi connectivity index (χ1) is 32.5. The monoisotopic (exact) mass is 921 g/mol. The van der Waals surface area contributed by atoms with Crippen LogP contribution < -0.4 is 0 Å². The molecule has 0 aromatic carbocycles. The topological polar surface area (TPSA) is 78.9 Å². The van der Waals surface area contributed by atoms with Gasteiger partial charge in [0.15, 0.2) is 6.10 Å². The van der Waals surface area contributed by atoms with E-state index in [4.69, 9.17) is 14.2 Å². The quantitative estimate of drug-likeness (QED) is 0.0262. The molecule has 380 valence electrons. The molecule has 0 spiro atoms. The lowest BCUT2D eigenvalue weighted by Gasteiger charge is -2.18. The molecule has 6 nitrogen and oxygen atoms in total. The number of rotatable bonds is 50. The first-order valence-electron chi connectivity index (χ1n) is 27.9. The Morgan fingerprint density at radius 3 is 0.955 bits per heavy atom. The Morgan fingerprint density at radius 1 is 0.303 bits per heavy atom. The number of unbranched alkanes of at least 4 members (excludes halogenated alkanes) is 27. The highest BCUT2D eigenvalue weighted by molar-refractivity contribution is 5.71. The van der Waals surface area contributed by atoms with Crippen molar-refractivity contribution >= 4 is 17.9 Å². The third-order valence-corrected chi connectivity index (χ3v) is 11.9. The van der Waals surface area contributed by atoms with Gasteiger partial charge in [-0.25, -0.2) is 0 Å².